The van der Waals surface area contributed by atoms with Gasteiger partial charge in [-0.3, -0.25) is 4.79 Å². The smallest absolute Gasteiger partial charge is 0.407 e. The molecule has 4 rings (SSSR count). The van der Waals surface area contributed by atoms with Crippen molar-refractivity contribution < 1.29 is 29.0 Å². The predicted molar refractivity (Wildman–Crippen MR) is 129 cm³/mol. The third-order valence-electron chi connectivity index (χ3n) is 6.55. The molecule has 1 saturated heterocycles. The van der Waals surface area contributed by atoms with E-state index in [1.54, 1.807) is 6.92 Å². The number of rotatable bonds is 7. The first-order valence-corrected chi connectivity index (χ1v) is 11.6. The Labute approximate surface area is 204 Å². The molecule has 1 aliphatic carbocycles. The van der Waals surface area contributed by atoms with Crippen LogP contribution in [0.5, 0.6) is 0 Å². The van der Waals surface area contributed by atoms with Crippen molar-refractivity contribution in [3.63, 3.8) is 0 Å². The van der Waals surface area contributed by atoms with Crippen LogP contribution in [-0.4, -0.2) is 54.5 Å². The molecule has 8 heteroatoms. The van der Waals surface area contributed by atoms with Gasteiger partial charge in [-0.2, -0.15) is 0 Å². The maximum absolute atomic E-state index is 13.0. The van der Waals surface area contributed by atoms with E-state index in [-0.39, 0.29) is 45.0 Å². The summed E-state index contributed by atoms with van der Waals surface area (Å²) in [5.74, 6) is 3.62. The molecule has 1 fully saturated rings. The zero-order valence-electron chi connectivity index (χ0n) is 19.5. The molecule has 182 valence electrons. The molecule has 1 atom stereocenters. The number of aliphatic carboxylic acids is 1. The number of hydrogen-bond donors (Lipinski definition) is 3. The number of carboxylic acid groups (broad SMARTS) is 1. The van der Waals surface area contributed by atoms with Crippen LogP contribution in [0.2, 0.25) is 0 Å². The van der Waals surface area contributed by atoms with E-state index in [4.69, 9.17) is 9.47 Å². The average molecular weight is 477 g/mol. The lowest BCUT2D eigenvalue weighted by molar-refractivity contribution is -0.152. The average Bonchev–Trinajstić information content (AvgIpc) is 3.19. The molecular formula is C27H28N2O6. The van der Waals surface area contributed by atoms with Gasteiger partial charge in [-0.15, -0.1) is 11.8 Å². The van der Waals surface area contributed by atoms with E-state index in [9.17, 15) is 19.5 Å². The third-order valence-corrected chi connectivity index (χ3v) is 6.55. The molecule has 0 spiro atoms. The lowest BCUT2D eigenvalue weighted by atomic mass is 9.89. The minimum atomic E-state index is -1.43. The lowest BCUT2D eigenvalue weighted by Gasteiger charge is -2.35. The summed E-state index contributed by atoms with van der Waals surface area (Å²) in [6, 6.07) is 14.9. The first kappa shape index (κ1) is 24.3. The minimum absolute atomic E-state index is 0.0265. The summed E-state index contributed by atoms with van der Waals surface area (Å²) in [4.78, 5) is 37.6. The summed E-state index contributed by atoms with van der Waals surface area (Å²) in [6.07, 6.45) is -0.448. The summed E-state index contributed by atoms with van der Waals surface area (Å²) in [5.41, 5.74) is 2.95. The van der Waals surface area contributed by atoms with Gasteiger partial charge in [0.05, 0.1) is 0 Å². The van der Waals surface area contributed by atoms with Crippen molar-refractivity contribution in [2.45, 2.75) is 43.7 Å². The van der Waals surface area contributed by atoms with Crippen LogP contribution >= 0.6 is 0 Å². The van der Waals surface area contributed by atoms with Crippen molar-refractivity contribution in [2.24, 2.45) is 0 Å². The quantitative estimate of drug-likeness (QED) is 0.530. The van der Waals surface area contributed by atoms with Crippen molar-refractivity contribution in [2.75, 3.05) is 19.8 Å². The molecule has 3 N–H and O–H groups in total. The Morgan fingerprint density at radius 2 is 1.69 bits per heavy atom. The van der Waals surface area contributed by atoms with Gasteiger partial charge in [-0.1, -0.05) is 48.5 Å². The molecule has 1 heterocycles. The molecule has 1 aliphatic heterocycles. The highest BCUT2D eigenvalue weighted by Crippen LogP contribution is 2.44. The van der Waals surface area contributed by atoms with Crippen LogP contribution in [0.3, 0.4) is 0 Å². The fourth-order valence-electron chi connectivity index (χ4n) is 4.63. The zero-order chi connectivity index (χ0) is 24.8. The Hall–Kier alpha value is -3.83. The maximum Gasteiger partial charge on any atom is 0.407 e. The molecule has 0 radical (unpaired) electrons. The first-order valence-electron chi connectivity index (χ1n) is 11.6. The Kier molecular flexibility index (Phi) is 7.37. The maximum atomic E-state index is 13.0. The summed E-state index contributed by atoms with van der Waals surface area (Å²) >= 11 is 0. The van der Waals surface area contributed by atoms with Gasteiger partial charge in [0.25, 0.3) is 0 Å². The monoisotopic (exact) mass is 476 g/mol. The van der Waals surface area contributed by atoms with Gasteiger partial charge >= 0.3 is 12.1 Å². The van der Waals surface area contributed by atoms with Crippen LogP contribution in [0, 0.1) is 11.8 Å². The SMILES string of the molecule is CC#CCC(NC(=O)OCC1c2ccccc2-c2ccccc21)C(=O)NC1(C(=O)O)CCOCC1. The van der Waals surface area contributed by atoms with Gasteiger partial charge in [-0.05, 0) is 29.2 Å². The zero-order valence-corrected chi connectivity index (χ0v) is 19.5. The molecule has 35 heavy (non-hydrogen) atoms. The molecule has 2 amide bonds. The first-order chi connectivity index (χ1) is 16.9. The van der Waals surface area contributed by atoms with Crippen molar-refractivity contribution >= 4 is 18.0 Å². The van der Waals surface area contributed by atoms with Gasteiger partial charge in [0, 0.05) is 38.4 Å². The Morgan fingerprint density at radius 1 is 1.09 bits per heavy atom. The number of amides is 2. The Morgan fingerprint density at radius 3 is 2.26 bits per heavy atom. The summed E-state index contributed by atoms with van der Waals surface area (Å²) in [6.45, 7) is 2.18. The number of nitrogens with one attached hydrogen (secondary N) is 2. The Bertz CT molecular complexity index is 1130. The summed E-state index contributed by atoms with van der Waals surface area (Å²) in [7, 11) is 0. The van der Waals surface area contributed by atoms with Gasteiger partial charge in [0.1, 0.15) is 18.2 Å². The van der Waals surface area contributed by atoms with Gasteiger partial charge in [0.15, 0.2) is 0 Å². The van der Waals surface area contributed by atoms with Crippen LogP contribution in [0.15, 0.2) is 48.5 Å². The van der Waals surface area contributed by atoms with Crippen molar-refractivity contribution in [1.29, 1.82) is 0 Å². The molecule has 2 aliphatic rings. The van der Waals surface area contributed by atoms with Crippen LogP contribution in [-0.2, 0) is 19.1 Å². The molecule has 0 saturated carbocycles. The molecule has 0 bridgehead atoms. The topological polar surface area (TPSA) is 114 Å². The van der Waals surface area contributed by atoms with Gasteiger partial charge < -0.3 is 25.2 Å². The minimum Gasteiger partial charge on any atom is -0.480 e. The highest BCUT2D eigenvalue weighted by atomic mass is 16.5. The van der Waals surface area contributed by atoms with Gasteiger partial charge in [0.2, 0.25) is 5.91 Å². The Balaban J connectivity index is 1.43. The summed E-state index contributed by atoms with van der Waals surface area (Å²) < 4.78 is 10.8. The number of alkyl carbamates (subject to hydrolysis) is 1. The van der Waals surface area contributed by atoms with Crippen LogP contribution in [0.4, 0.5) is 4.79 Å². The van der Waals surface area contributed by atoms with Gasteiger partial charge in [-0.25, -0.2) is 9.59 Å². The molecule has 1 unspecified atom stereocenters. The summed E-state index contributed by atoms with van der Waals surface area (Å²) in [5, 5.41) is 14.9. The standard InChI is InChI=1S/C27H28N2O6/c1-2-3-12-23(24(30)29-27(25(31)32)13-15-34-16-14-27)28-26(33)35-17-22-20-10-6-4-8-18(20)19-9-5-7-11-21(19)22/h4-11,22-23H,12-17H2,1H3,(H,28,33)(H,29,30)(H,31,32). The highest BCUT2D eigenvalue weighted by Gasteiger charge is 2.43. The number of fused-ring (bicyclic) bond motifs is 3. The number of carbonyl (C=O) groups excluding carboxylic acids is 2. The molecule has 2 aromatic carbocycles. The number of carbonyl (C=O) groups is 3. The van der Waals surface area contributed by atoms with E-state index in [1.807, 2.05) is 48.5 Å². The van der Waals surface area contributed by atoms with E-state index in [1.165, 1.54) is 0 Å². The van der Waals surface area contributed by atoms with Crippen LogP contribution in [0.1, 0.15) is 43.2 Å². The largest absolute Gasteiger partial charge is 0.480 e. The van der Waals surface area contributed by atoms with Crippen molar-refractivity contribution in [1.82, 2.24) is 10.6 Å². The van der Waals surface area contributed by atoms with Crippen molar-refractivity contribution in [3.05, 3.63) is 59.7 Å². The number of carboxylic acids is 1. The fourth-order valence-corrected chi connectivity index (χ4v) is 4.63. The number of benzene rings is 2. The molecular weight excluding hydrogens is 448 g/mol. The van der Waals surface area contributed by atoms with E-state index >= 15 is 0 Å². The fraction of sp³-hybridized carbons (Fsp3) is 0.370. The van der Waals surface area contributed by atoms with Crippen molar-refractivity contribution in [3.8, 4) is 23.0 Å². The second-order valence-electron chi connectivity index (χ2n) is 8.64. The van der Waals surface area contributed by atoms with E-state index in [0.717, 1.165) is 22.3 Å². The molecule has 8 nitrogen and oxygen atoms in total. The second-order valence-corrected chi connectivity index (χ2v) is 8.64. The third kappa shape index (κ3) is 5.15. The normalized spacial score (nSPS) is 16.6. The second kappa shape index (κ2) is 10.6. The van der Waals surface area contributed by atoms with Crippen LogP contribution in [0.25, 0.3) is 11.1 Å². The molecule has 0 aromatic heterocycles. The highest BCUT2D eigenvalue weighted by molar-refractivity contribution is 5.91. The number of hydrogen-bond acceptors (Lipinski definition) is 5. The van der Waals surface area contributed by atoms with E-state index in [0.29, 0.717) is 0 Å². The van der Waals surface area contributed by atoms with Crippen LogP contribution < -0.4 is 10.6 Å². The van der Waals surface area contributed by atoms with E-state index in [2.05, 4.69) is 22.5 Å². The van der Waals surface area contributed by atoms with E-state index < -0.39 is 29.6 Å². The molecule has 2 aromatic rings. The predicted octanol–water partition coefficient (Wildman–Crippen LogP) is 3.06. The lowest BCUT2D eigenvalue weighted by Crippen LogP contribution is -2.61. The number of ether oxygens (including phenoxy) is 2.